The van der Waals surface area contributed by atoms with Crippen molar-refractivity contribution in [2.24, 2.45) is 5.92 Å². The number of Topliss-reactive ketones (excluding diaryl/α,β-unsaturated/α-hetero) is 1. The number of hydrogen-bond acceptors (Lipinski definition) is 3. The van der Waals surface area contributed by atoms with Crippen LogP contribution in [0, 0.1) is 5.92 Å². The molecule has 0 saturated heterocycles. The Bertz CT molecular complexity index is 643. The number of carbonyl (C=O) groups is 1. The van der Waals surface area contributed by atoms with E-state index in [4.69, 9.17) is 4.74 Å². The number of ether oxygens (including phenoxy) is 1. The van der Waals surface area contributed by atoms with E-state index in [1.165, 1.54) is 0 Å². The predicted octanol–water partition coefficient (Wildman–Crippen LogP) is 3.60. The second kappa shape index (κ2) is 6.95. The molecule has 116 valence electrons. The summed E-state index contributed by atoms with van der Waals surface area (Å²) in [6.07, 6.45) is -0.226. The molecule has 0 aromatic heterocycles. The van der Waals surface area contributed by atoms with Crippen LogP contribution in [0.3, 0.4) is 0 Å². The molecule has 2 aromatic rings. The Labute approximate surface area is 137 Å². The molecule has 0 radical (unpaired) electrons. The molecule has 0 amide bonds. The lowest BCUT2D eigenvalue weighted by Crippen LogP contribution is -2.38. The molecule has 3 nitrogen and oxygen atoms in total. The summed E-state index contributed by atoms with van der Waals surface area (Å²) in [7, 11) is 3.96. The van der Waals surface area contributed by atoms with Crippen molar-refractivity contribution in [3.05, 3.63) is 65.7 Å². The highest BCUT2D eigenvalue weighted by molar-refractivity contribution is 6.01. The Hall–Kier alpha value is -1.84. The zero-order valence-corrected chi connectivity index (χ0v) is 13.5. The number of hydrogen-bond donors (Lipinski definition) is 0. The minimum absolute atomic E-state index is 0. The molecule has 2 unspecified atom stereocenters. The molecule has 22 heavy (non-hydrogen) atoms. The summed E-state index contributed by atoms with van der Waals surface area (Å²) in [6, 6.07) is 17.5. The number of rotatable bonds is 3. The summed E-state index contributed by atoms with van der Waals surface area (Å²) < 4.78 is 6.15. The zero-order chi connectivity index (χ0) is 14.8. The number of benzene rings is 2. The summed E-state index contributed by atoms with van der Waals surface area (Å²) in [5.74, 6) is 0.670. The smallest absolute Gasteiger partial charge is 0.175 e. The minimum Gasteiger partial charge on any atom is -0.484 e. The van der Waals surface area contributed by atoms with Crippen molar-refractivity contribution in [1.82, 2.24) is 4.90 Å². The van der Waals surface area contributed by atoms with Gasteiger partial charge in [0.2, 0.25) is 0 Å². The van der Waals surface area contributed by atoms with Crippen LogP contribution in [0.25, 0.3) is 0 Å². The first-order valence-corrected chi connectivity index (χ1v) is 7.16. The Morgan fingerprint density at radius 1 is 1.00 bits per heavy atom. The van der Waals surface area contributed by atoms with Gasteiger partial charge in [0.05, 0.1) is 11.5 Å². The highest BCUT2D eigenvalue weighted by atomic mass is 35.5. The Morgan fingerprint density at radius 2 is 1.64 bits per heavy atom. The molecule has 0 bridgehead atoms. The van der Waals surface area contributed by atoms with E-state index in [0.717, 1.165) is 5.56 Å². The van der Waals surface area contributed by atoms with Crippen LogP contribution >= 0.6 is 12.4 Å². The molecule has 1 heterocycles. The fourth-order valence-corrected chi connectivity index (χ4v) is 2.84. The van der Waals surface area contributed by atoms with E-state index < -0.39 is 0 Å². The van der Waals surface area contributed by atoms with Gasteiger partial charge in [-0.2, -0.15) is 0 Å². The average molecular weight is 318 g/mol. The molecule has 0 N–H and O–H groups in total. The zero-order valence-electron chi connectivity index (χ0n) is 12.7. The van der Waals surface area contributed by atoms with Gasteiger partial charge >= 0.3 is 0 Å². The Morgan fingerprint density at radius 3 is 2.32 bits per heavy atom. The fourth-order valence-electron chi connectivity index (χ4n) is 2.84. The molecule has 2 atom stereocenters. The second-order valence-electron chi connectivity index (χ2n) is 5.68. The average Bonchev–Trinajstić information content (AvgIpc) is 2.50. The van der Waals surface area contributed by atoms with E-state index in [9.17, 15) is 4.79 Å². The molecule has 1 aliphatic heterocycles. The second-order valence-corrected chi connectivity index (χ2v) is 5.68. The van der Waals surface area contributed by atoms with E-state index in [2.05, 4.69) is 0 Å². The van der Waals surface area contributed by atoms with Gasteiger partial charge in [0.1, 0.15) is 11.9 Å². The maximum atomic E-state index is 12.8. The monoisotopic (exact) mass is 317 g/mol. The van der Waals surface area contributed by atoms with Gasteiger partial charge in [-0.3, -0.25) is 4.79 Å². The van der Waals surface area contributed by atoms with Crippen molar-refractivity contribution in [3.63, 3.8) is 0 Å². The first-order valence-electron chi connectivity index (χ1n) is 7.16. The maximum Gasteiger partial charge on any atom is 0.175 e. The van der Waals surface area contributed by atoms with Crippen LogP contribution in [-0.4, -0.2) is 31.3 Å². The summed E-state index contributed by atoms with van der Waals surface area (Å²) in [6.45, 7) is 0.673. The lowest BCUT2D eigenvalue weighted by Gasteiger charge is -2.34. The first kappa shape index (κ1) is 16.5. The van der Waals surface area contributed by atoms with E-state index in [1.54, 1.807) is 0 Å². The van der Waals surface area contributed by atoms with E-state index in [1.807, 2.05) is 73.6 Å². The molecule has 0 saturated carbocycles. The number of nitrogens with zero attached hydrogens (tertiary/aromatic N) is 1. The van der Waals surface area contributed by atoms with E-state index >= 15 is 0 Å². The Balaban J connectivity index is 0.00000176. The lowest BCUT2D eigenvalue weighted by molar-refractivity contribution is 0.0594. The maximum absolute atomic E-state index is 12.8. The van der Waals surface area contributed by atoms with Gasteiger partial charge in [-0.25, -0.2) is 0 Å². The van der Waals surface area contributed by atoms with E-state index in [0.29, 0.717) is 17.9 Å². The number of halogens is 1. The normalized spacial score (nSPS) is 20.0. The van der Waals surface area contributed by atoms with Crippen LogP contribution < -0.4 is 4.74 Å². The minimum atomic E-state index is -0.226. The van der Waals surface area contributed by atoms with Crippen molar-refractivity contribution >= 4 is 18.2 Å². The molecule has 1 aliphatic rings. The predicted molar refractivity (Wildman–Crippen MR) is 89.9 cm³/mol. The SMILES string of the molecule is CN(C)CC1C(=O)c2ccccc2OC1c1ccccc1.Cl. The standard InChI is InChI=1S/C18H19NO2.ClH/c1-19(2)12-15-17(20)14-10-6-7-11-16(14)21-18(15)13-8-4-3-5-9-13;/h3-11,15,18H,12H2,1-2H3;1H. The highest BCUT2D eigenvalue weighted by Crippen LogP contribution is 2.38. The van der Waals surface area contributed by atoms with Gasteiger partial charge in [-0.15, -0.1) is 12.4 Å². The molecule has 0 spiro atoms. The third-order valence-corrected chi connectivity index (χ3v) is 3.80. The molecule has 0 fully saturated rings. The quantitative estimate of drug-likeness (QED) is 0.866. The van der Waals surface area contributed by atoms with Crippen LogP contribution in [0.15, 0.2) is 54.6 Å². The van der Waals surface area contributed by atoms with Crippen LogP contribution in [0.4, 0.5) is 0 Å². The van der Waals surface area contributed by atoms with Crippen molar-refractivity contribution in [3.8, 4) is 5.75 Å². The van der Waals surface area contributed by atoms with Crippen molar-refractivity contribution in [1.29, 1.82) is 0 Å². The van der Waals surface area contributed by atoms with Crippen LogP contribution in [0.2, 0.25) is 0 Å². The van der Waals surface area contributed by atoms with Gasteiger partial charge in [0.25, 0.3) is 0 Å². The summed E-state index contributed by atoms with van der Waals surface area (Å²) >= 11 is 0. The van der Waals surface area contributed by atoms with Gasteiger partial charge in [0.15, 0.2) is 5.78 Å². The molecular formula is C18H20ClNO2. The number of carbonyl (C=O) groups excluding carboxylic acids is 1. The highest BCUT2D eigenvalue weighted by Gasteiger charge is 2.38. The summed E-state index contributed by atoms with van der Waals surface area (Å²) in [5.41, 5.74) is 1.74. The van der Waals surface area contributed by atoms with Crippen molar-refractivity contribution in [2.75, 3.05) is 20.6 Å². The number of ketones is 1. The fraction of sp³-hybridized carbons (Fsp3) is 0.278. The van der Waals surface area contributed by atoms with Crippen molar-refractivity contribution < 1.29 is 9.53 Å². The third-order valence-electron chi connectivity index (χ3n) is 3.80. The topological polar surface area (TPSA) is 29.5 Å². The van der Waals surface area contributed by atoms with Gasteiger partial charge < -0.3 is 9.64 Å². The molecule has 0 aliphatic carbocycles. The van der Waals surface area contributed by atoms with Crippen LogP contribution in [0.5, 0.6) is 5.75 Å². The van der Waals surface area contributed by atoms with Crippen LogP contribution in [-0.2, 0) is 0 Å². The third kappa shape index (κ3) is 3.16. The lowest BCUT2D eigenvalue weighted by atomic mass is 9.85. The van der Waals surface area contributed by atoms with Crippen LogP contribution in [0.1, 0.15) is 22.0 Å². The van der Waals surface area contributed by atoms with Gasteiger partial charge in [-0.1, -0.05) is 42.5 Å². The number of fused-ring (bicyclic) bond motifs is 1. The first-order chi connectivity index (χ1) is 10.2. The molecule has 4 heteroatoms. The largest absolute Gasteiger partial charge is 0.484 e. The van der Waals surface area contributed by atoms with E-state index in [-0.39, 0.29) is 30.2 Å². The number of para-hydroxylation sites is 1. The summed E-state index contributed by atoms with van der Waals surface area (Å²) in [5, 5.41) is 0. The van der Waals surface area contributed by atoms with Gasteiger partial charge in [0, 0.05) is 6.54 Å². The Kier molecular flexibility index (Phi) is 5.22. The molecule has 2 aromatic carbocycles. The molecule has 3 rings (SSSR count). The summed E-state index contributed by atoms with van der Waals surface area (Å²) in [4.78, 5) is 14.9. The van der Waals surface area contributed by atoms with Crippen molar-refractivity contribution in [2.45, 2.75) is 6.10 Å². The van der Waals surface area contributed by atoms with Gasteiger partial charge in [-0.05, 0) is 31.8 Å². The molecular weight excluding hydrogens is 298 g/mol.